The van der Waals surface area contributed by atoms with E-state index >= 15 is 0 Å². The van der Waals surface area contributed by atoms with Gasteiger partial charge in [0.2, 0.25) is 5.91 Å². The minimum Gasteiger partial charge on any atom is -0.490 e. The van der Waals surface area contributed by atoms with Crippen LogP contribution in [-0.2, 0) is 22.5 Å². The topological polar surface area (TPSA) is 93.9 Å². The van der Waals surface area contributed by atoms with Gasteiger partial charge in [0.1, 0.15) is 10.8 Å². The van der Waals surface area contributed by atoms with E-state index in [0.29, 0.717) is 36.8 Å². The summed E-state index contributed by atoms with van der Waals surface area (Å²) in [4.78, 5) is 27.1. The molecule has 0 atom stereocenters. The molecule has 2 aromatic rings. The molecule has 2 heterocycles. The lowest BCUT2D eigenvalue weighted by Gasteiger charge is -2.26. The van der Waals surface area contributed by atoms with Crippen LogP contribution < -0.4 is 15.8 Å². The third-order valence-corrected chi connectivity index (χ3v) is 5.70. The van der Waals surface area contributed by atoms with Crippen molar-refractivity contribution in [1.29, 1.82) is 0 Å². The number of carbonyl (C=O) groups is 2. The van der Waals surface area contributed by atoms with E-state index < -0.39 is 0 Å². The molecule has 0 spiro atoms. The van der Waals surface area contributed by atoms with Crippen molar-refractivity contribution in [3.63, 3.8) is 0 Å². The summed E-state index contributed by atoms with van der Waals surface area (Å²) in [6, 6.07) is 7.55. The van der Waals surface area contributed by atoms with Gasteiger partial charge in [0.05, 0.1) is 24.9 Å². The number of rotatable bonds is 6. The van der Waals surface area contributed by atoms with Crippen molar-refractivity contribution in [3.8, 4) is 5.75 Å². The lowest BCUT2D eigenvalue weighted by Crippen LogP contribution is -2.35. The molecule has 160 valence electrons. The number of hydrogen-bond donors (Lipinski definition) is 2. The highest BCUT2D eigenvalue weighted by Crippen LogP contribution is 2.39. The molecule has 1 aromatic carbocycles. The molecule has 2 amide bonds. The van der Waals surface area contributed by atoms with Crippen LogP contribution in [0.5, 0.6) is 5.75 Å². The molecule has 1 aliphatic rings. The second-order valence-electron chi connectivity index (χ2n) is 7.14. The quantitative estimate of drug-likeness (QED) is 0.669. The predicted octanol–water partition coefficient (Wildman–Crippen LogP) is 4.28. The SMILES string of the molecule is CCOC(=O)N1CCc2c(sc(NC(=O)/C=C/c3ccccc3OC(C)C)c2N)C1. The third kappa shape index (κ3) is 5.13. The minimum absolute atomic E-state index is 0.0415. The van der Waals surface area contributed by atoms with Gasteiger partial charge < -0.3 is 25.4 Å². The van der Waals surface area contributed by atoms with Crippen molar-refractivity contribution >= 4 is 40.1 Å². The highest BCUT2D eigenvalue weighted by Gasteiger charge is 2.26. The zero-order chi connectivity index (χ0) is 21.7. The van der Waals surface area contributed by atoms with Gasteiger partial charge in [-0.05, 0) is 44.9 Å². The van der Waals surface area contributed by atoms with Crippen LogP contribution in [0, 0.1) is 0 Å². The first-order valence-electron chi connectivity index (χ1n) is 9.95. The number of nitrogens with one attached hydrogen (secondary N) is 1. The molecular formula is C22H27N3O4S. The first kappa shape index (κ1) is 21.7. The molecule has 0 saturated heterocycles. The second-order valence-corrected chi connectivity index (χ2v) is 8.25. The van der Waals surface area contributed by atoms with Gasteiger partial charge in [0.15, 0.2) is 0 Å². The molecule has 30 heavy (non-hydrogen) atoms. The van der Waals surface area contributed by atoms with Gasteiger partial charge in [-0.1, -0.05) is 18.2 Å². The van der Waals surface area contributed by atoms with Crippen LogP contribution in [-0.4, -0.2) is 36.2 Å². The van der Waals surface area contributed by atoms with E-state index in [1.54, 1.807) is 17.9 Å². The number of ether oxygens (including phenoxy) is 2. The maximum absolute atomic E-state index is 12.5. The lowest BCUT2D eigenvalue weighted by molar-refractivity contribution is -0.111. The van der Waals surface area contributed by atoms with Crippen LogP contribution in [0.3, 0.4) is 0 Å². The van der Waals surface area contributed by atoms with Crippen molar-refractivity contribution in [2.45, 2.75) is 39.8 Å². The largest absolute Gasteiger partial charge is 0.490 e. The average Bonchev–Trinajstić information content (AvgIpc) is 3.02. The smallest absolute Gasteiger partial charge is 0.410 e. The molecule has 3 rings (SSSR count). The first-order chi connectivity index (χ1) is 14.4. The monoisotopic (exact) mass is 429 g/mol. The number of carbonyl (C=O) groups excluding carboxylic acids is 2. The molecule has 1 aliphatic heterocycles. The van der Waals surface area contributed by atoms with Gasteiger partial charge >= 0.3 is 6.09 Å². The van der Waals surface area contributed by atoms with E-state index in [-0.39, 0.29) is 18.1 Å². The Morgan fingerprint density at radius 1 is 1.33 bits per heavy atom. The molecule has 1 aromatic heterocycles. The number of nitrogens with zero attached hydrogens (tertiary/aromatic N) is 1. The van der Waals surface area contributed by atoms with E-state index in [0.717, 1.165) is 21.8 Å². The molecular weight excluding hydrogens is 402 g/mol. The molecule has 0 bridgehead atoms. The Morgan fingerprint density at radius 3 is 2.83 bits per heavy atom. The van der Waals surface area contributed by atoms with Crippen molar-refractivity contribution in [1.82, 2.24) is 4.90 Å². The minimum atomic E-state index is -0.328. The maximum atomic E-state index is 12.5. The molecule has 0 unspecified atom stereocenters. The number of para-hydroxylation sites is 1. The number of benzene rings is 1. The first-order valence-corrected chi connectivity index (χ1v) is 10.8. The van der Waals surface area contributed by atoms with Crippen molar-refractivity contribution in [2.75, 3.05) is 24.2 Å². The second kappa shape index (κ2) is 9.67. The van der Waals surface area contributed by atoms with Gasteiger partial charge in [-0.2, -0.15) is 0 Å². The summed E-state index contributed by atoms with van der Waals surface area (Å²) < 4.78 is 10.9. The van der Waals surface area contributed by atoms with Gasteiger partial charge in [-0.3, -0.25) is 4.79 Å². The number of amides is 2. The summed E-state index contributed by atoms with van der Waals surface area (Å²) in [5, 5.41) is 3.46. The third-order valence-electron chi connectivity index (χ3n) is 4.56. The summed E-state index contributed by atoms with van der Waals surface area (Å²) in [7, 11) is 0. The lowest BCUT2D eigenvalue weighted by atomic mass is 10.1. The van der Waals surface area contributed by atoms with E-state index in [1.807, 2.05) is 38.1 Å². The normalized spacial score (nSPS) is 13.4. The predicted molar refractivity (Wildman–Crippen MR) is 120 cm³/mol. The average molecular weight is 430 g/mol. The van der Waals surface area contributed by atoms with E-state index in [9.17, 15) is 9.59 Å². The van der Waals surface area contributed by atoms with Crippen LogP contribution in [0.4, 0.5) is 15.5 Å². The molecule has 7 nitrogen and oxygen atoms in total. The number of thiophene rings is 1. The van der Waals surface area contributed by atoms with Crippen LogP contribution in [0.1, 0.15) is 36.8 Å². The number of anilines is 2. The molecule has 0 fully saturated rings. The fourth-order valence-electron chi connectivity index (χ4n) is 3.19. The maximum Gasteiger partial charge on any atom is 0.410 e. The molecule has 3 N–H and O–H groups in total. The number of fused-ring (bicyclic) bond motifs is 1. The Kier molecular flexibility index (Phi) is 6.99. The highest BCUT2D eigenvalue weighted by molar-refractivity contribution is 7.17. The molecule has 8 heteroatoms. The standard InChI is InChI=1S/C22H27N3O4S/c1-4-28-22(27)25-12-11-16-18(13-25)30-21(20(16)23)24-19(26)10-9-15-7-5-6-8-17(15)29-14(2)3/h5-10,14H,4,11-13,23H2,1-3H3,(H,24,26)/b10-9+. The van der Waals surface area contributed by atoms with Crippen molar-refractivity contribution in [2.24, 2.45) is 0 Å². The summed E-state index contributed by atoms with van der Waals surface area (Å²) in [5.41, 5.74) is 8.65. The molecule has 0 aliphatic carbocycles. The van der Waals surface area contributed by atoms with E-state index in [4.69, 9.17) is 15.2 Å². The van der Waals surface area contributed by atoms with E-state index in [2.05, 4.69) is 5.32 Å². The fourth-order valence-corrected chi connectivity index (χ4v) is 4.38. The van der Waals surface area contributed by atoms with Crippen LogP contribution in [0.2, 0.25) is 0 Å². The van der Waals surface area contributed by atoms with Gasteiger partial charge in [-0.15, -0.1) is 11.3 Å². The van der Waals surface area contributed by atoms with E-state index in [1.165, 1.54) is 17.4 Å². The van der Waals surface area contributed by atoms with Crippen LogP contribution in [0.25, 0.3) is 6.08 Å². The summed E-state index contributed by atoms with van der Waals surface area (Å²) in [6.45, 7) is 7.02. The zero-order valence-corrected chi connectivity index (χ0v) is 18.3. The molecule has 0 saturated carbocycles. The summed E-state index contributed by atoms with van der Waals surface area (Å²) in [5.74, 6) is 0.448. The van der Waals surface area contributed by atoms with Crippen molar-refractivity contribution < 1.29 is 19.1 Å². The number of nitrogens with two attached hydrogens (primary N) is 1. The number of nitrogen functional groups attached to an aromatic ring is 1. The Bertz CT molecular complexity index is 952. The van der Waals surface area contributed by atoms with Gasteiger partial charge in [0, 0.05) is 23.1 Å². The Balaban J connectivity index is 1.69. The Hall–Kier alpha value is -3.00. The summed E-state index contributed by atoms with van der Waals surface area (Å²) >= 11 is 1.40. The Morgan fingerprint density at radius 2 is 2.10 bits per heavy atom. The number of hydrogen-bond acceptors (Lipinski definition) is 6. The van der Waals surface area contributed by atoms with Crippen molar-refractivity contribution in [3.05, 3.63) is 46.3 Å². The van der Waals surface area contributed by atoms with Crippen LogP contribution >= 0.6 is 11.3 Å². The van der Waals surface area contributed by atoms with Gasteiger partial charge in [0.25, 0.3) is 0 Å². The summed E-state index contributed by atoms with van der Waals surface area (Å²) in [6.07, 6.45) is 3.54. The Labute approximate surface area is 180 Å². The van der Waals surface area contributed by atoms with Crippen LogP contribution in [0.15, 0.2) is 30.3 Å². The fraction of sp³-hybridized carbons (Fsp3) is 0.364. The van der Waals surface area contributed by atoms with Gasteiger partial charge in [-0.25, -0.2) is 4.79 Å². The molecule has 0 radical (unpaired) electrons. The zero-order valence-electron chi connectivity index (χ0n) is 17.4. The highest BCUT2D eigenvalue weighted by atomic mass is 32.1.